The number of rotatable bonds is 7. The van der Waals surface area contributed by atoms with E-state index in [-0.39, 0.29) is 23.5 Å². The maximum atomic E-state index is 13.5. The minimum Gasteiger partial charge on any atom is -0.322 e. The number of nitrogens with one attached hydrogen (secondary N) is 1. The molecular weight excluding hydrogens is 439 g/mol. The fraction of sp³-hybridized carbons (Fsp3) is 0.192. The van der Waals surface area contributed by atoms with E-state index in [4.69, 9.17) is 0 Å². The Morgan fingerprint density at radius 2 is 1.64 bits per heavy atom. The minimum absolute atomic E-state index is 0.0128. The van der Waals surface area contributed by atoms with Crippen molar-refractivity contribution in [3.05, 3.63) is 111 Å². The van der Waals surface area contributed by atoms with E-state index in [1.807, 2.05) is 56.3 Å². The average Bonchev–Trinajstić information content (AvgIpc) is 2.77. The predicted octanol–water partition coefficient (Wildman–Crippen LogP) is 4.72. The van der Waals surface area contributed by atoms with Crippen LogP contribution < -0.4 is 5.56 Å². The van der Waals surface area contributed by atoms with Crippen molar-refractivity contribution in [1.29, 1.82) is 0 Å². The molecule has 0 spiro atoms. The molecule has 4 rings (SSSR count). The van der Waals surface area contributed by atoms with Crippen molar-refractivity contribution in [1.82, 2.24) is 9.29 Å². The van der Waals surface area contributed by atoms with Gasteiger partial charge in [0.15, 0.2) is 0 Å². The second-order valence-electron chi connectivity index (χ2n) is 8.25. The van der Waals surface area contributed by atoms with E-state index in [0.29, 0.717) is 17.5 Å². The van der Waals surface area contributed by atoms with E-state index in [1.54, 1.807) is 6.07 Å². The van der Waals surface area contributed by atoms with Gasteiger partial charge in [0.2, 0.25) is 10.0 Å². The summed E-state index contributed by atoms with van der Waals surface area (Å²) in [6.45, 7) is 4.02. The number of hydrogen-bond acceptors (Lipinski definition) is 3. The number of aryl methyl sites for hydroxylation is 2. The van der Waals surface area contributed by atoms with Gasteiger partial charge in [0.05, 0.1) is 4.90 Å². The molecule has 0 amide bonds. The number of nitrogens with zero attached hydrogens (tertiary/aromatic N) is 1. The van der Waals surface area contributed by atoms with Gasteiger partial charge in [0, 0.05) is 24.2 Å². The summed E-state index contributed by atoms with van der Waals surface area (Å²) in [4.78, 5) is 15.6. The van der Waals surface area contributed by atoms with Gasteiger partial charge < -0.3 is 4.98 Å². The van der Waals surface area contributed by atoms with Gasteiger partial charge in [-0.25, -0.2) is 12.8 Å². The molecule has 1 heterocycles. The predicted molar refractivity (Wildman–Crippen MR) is 128 cm³/mol. The number of sulfonamides is 1. The zero-order valence-corrected chi connectivity index (χ0v) is 19.3. The number of halogens is 1. The Labute approximate surface area is 192 Å². The Morgan fingerprint density at radius 1 is 0.909 bits per heavy atom. The summed E-state index contributed by atoms with van der Waals surface area (Å²) in [5.74, 6) is -0.512. The monoisotopic (exact) mass is 464 g/mol. The van der Waals surface area contributed by atoms with Gasteiger partial charge in [0.25, 0.3) is 5.56 Å². The third-order valence-corrected chi connectivity index (χ3v) is 7.47. The van der Waals surface area contributed by atoms with Gasteiger partial charge in [-0.2, -0.15) is 4.31 Å². The number of aromatic nitrogens is 1. The molecule has 0 fully saturated rings. The molecular formula is C26H25FN2O3S. The number of hydrogen-bond donors (Lipinski definition) is 1. The summed E-state index contributed by atoms with van der Waals surface area (Å²) in [7, 11) is -3.96. The SMILES string of the molecule is Cc1cccc(CCN(Cc2cc3cc(C)ccc3[nH]c2=O)S(=O)(=O)c2ccc(F)cc2)c1. The van der Waals surface area contributed by atoms with Crippen LogP contribution in [0, 0.1) is 19.7 Å². The molecule has 0 radical (unpaired) electrons. The zero-order valence-electron chi connectivity index (χ0n) is 18.5. The lowest BCUT2D eigenvalue weighted by atomic mass is 10.1. The van der Waals surface area contributed by atoms with Gasteiger partial charge in [-0.05, 0) is 73.7 Å². The summed E-state index contributed by atoms with van der Waals surface area (Å²) in [6.07, 6.45) is 0.479. The molecule has 0 atom stereocenters. The molecule has 4 aromatic rings. The van der Waals surface area contributed by atoms with E-state index >= 15 is 0 Å². The fourth-order valence-electron chi connectivity index (χ4n) is 3.84. The number of fused-ring (bicyclic) bond motifs is 1. The van der Waals surface area contributed by atoms with Crippen LogP contribution >= 0.6 is 0 Å². The second kappa shape index (κ2) is 9.29. The van der Waals surface area contributed by atoms with E-state index in [1.165, 1.54) is 16.4 Å². The molecule has 0 bridgehead atoms. The van der Waals surface area contributed by atoms with Crippen molar-refractivity contribution in [3.63, 3.8) is 0 Å². The first kappa shape index (κ1) is 22.9. The summed E-state index contributed by atoms with van der Waals surface area (Å²) >= 11 is 0. The van der Waals surface area contributed by atoms with Crippen LogP contribution in [0.1, 0.15) is 22.3 Å². The summed E-state index contributed by atoms with van der Waals surface area (Å²) in [5.41, 5.74) is 3.83. The highest BCUT2D eigenvalue weighted by molar-refractivity contribution is 7.89. The smallest absolute Gasteiger partial charge is 0.252 e. The first-order valence-electron chi connectivity index (χ1n) is 10.7. The maximum absolute atomic E-state index is 13.5. The first-order chi connectivity index (χ1) is 15.7. The molecule has 0 saturated carbocycles. The number of pyridine rings is 1. The Morgan fingerprint density at radius 3 is 2.36 bits per heavy atom. The minimum atomic E-state index is -3.96. The third-order valence-electron chi connectivity index (χ3n) is 5.61. The van der Waals surface area contributed by atoms with Crippen molar-refractivity contribution in [2.45, 2.75) is 31.7 Å². The van der Waals surface area contributed by atoms with Crippen molar-refractivity contribution in [3.8, 4) is 0 Å². The van der Waals surface area contributed by atoms with Crippen LogP contribution in [0.25, 0.3) is 10.9 Å². The molecule has 33 heavy (non-hydrogen) atoms. The van der Waals surface area contributed by atoms with Crippen LogP contribution in [0.4, 0.5) is 4.39 Å². The molecule has 3 aromatic carbocycles. The molecule has 170 valence electrons. The summed E-state index contributed by atoms with van der Waals surface area (Å²) in [6, 6.07) is 20.0. The molecule has 0 unspecified atom stereocenters. The van der Waals surface area contributed by atoms with Crippen LogP contribution in [0.5, 0.6) is 0 Å². The van der Waals surface area contributed by atoms with Crippen LogP contribution in [0.3, 0.4) is 0 Å². The Hall–Kier alpha value is -3.29. The maximum Gasteiger partial charge on any atom is 0.252 e. The molecule has 1 N–H and O–H groups in total. The van der Waals surface area contributed by atoms with Crippen molar-refractivity contribution < 1.29 is 12.8 Å². The first-order valence-corrected chi connectivity index (χ1v) is 12.1. The molecule has 0 aliphatic heterocycles. The average molecular weight is 465 g/mol. The Balaban J connectivity index is 1.72. The zero-order chi connectivity index (χ0) is 23.6. The van der Waals surface area contributed by atoms with Gasteiger partial charge in [-0.1, -0.05) is 41.5 Å². The molecule has 0 aliphatic rings. The Bertz CT molecular complexity index is 1460. The Kier molecular flexibility index (Phi) is 6.44. The highest BCUT2D eigenvalue weighted by Crippen LogP contribution is 2.21. The fourth-order valence-corrected chi connectivity index (χ4v) is 5.26. The van der Waals surface area contributed by atoms with Crippen molar-refractivity contribution in [2.75, 3.05) is 6.54 Å². The van der Waals surface area contributed by atoms with Gasteiger partial charge in [0.1, 0.15) is 5.82 Å². The van der Waals surface area contributed by atoms with Crippen LogP contribution in [0.2, 0.25) is 0 Å². The van der Waals surface area contributed by atoms with Gasteiger partial charge in [-0.3, -0.25) is 4.79 Å². The van der Waals surface area contributed by atoms with Crippen LogP contribution in [-0.2, 0) is 23.0 Å². The highest BCUT2D eigenvalue weighted by atomic mass is 32.2. The molecule has 0 saturated heterocycles. The second-order valence-corrected chi connectivity index (χ2v) is 10.2. The van der Waals surface area contributed by atoms with E-state index in [0.717, 1.165) is 34.2 Å². The van der Waals surface area contributed by atoms with E-state index in [9.17, 15) is 17.6 Å². The lowest BCUT2D eigenvalue weighted by molar-refractivity contribution is 0.408. The summed E-state index contributed by atoms with van der Waals surface area (Å²) in [5, 5.41) is 0.836. The standard InChI is InChI=1S/C26H25FN2O3S/c1-18-4-3-5-20(14-18)12-13-29(33(31,32)24-9-7-23(27)8-10-24)17-22-16-21-15-19(2)6-11-25(21)28-26(22)30/h3-11,14-16H,12-13,17H2,1-2H3,(H,28,30). The van der Waals surface area contributed by atoms with Crippen LogP contribution in [-0.4, -0.2) is 24.3 Å². The molecule has 7 heteroatoms. The lowest BCUT2D eigenvalue weighted by Gasteiger charge is -2.22. The van der Waals surface area contributed by atoms with E-state index < -0.39 is 15.8 Å². The quantitative estimate of drug-likeness (QED) is 0.430. The summed E-state index contributed by atoms with van der Waals surface area (Å²) < 4.78 is 41.6. The number of aromatic amines is 1. The molecule has 0 aliphatic carbocycles. The largest absolute Gasteiger partial charge is 0.322 e. The molecule has 5 nitrogen and oxygen atoms in total. The van der Waals surface area contributed by atoms with Crippen molar-refractivity contribution in [2.24, 2.45) is 0 Å². The third kappa shape index (κ3) is 5.21. The molecule has 1 aromatic heterocycles. The number of benzene rings is 3. The van der Waals surface area contributed by atoms with E-state index in [2.05, 4.69) is 4.98 Å². The van der Waals surface area contributed by atoms with Crippen LogP contribution in [0.15, 0.2) is 82.5 Å². The highest BCUT2D eigenvalue weighted by Gasteiger charge is 2.25. The van der Waals surface area contributed by atoms with Gasteiger partial charge in [-0.15, -0.1) is 0 Å². The lowest BCUT2D eigenvalue weighted by Crippen LogP contribution is -2.34. The topological polar surface area (TPSA) is 70.2 Å². The van der Waals surface area contributed by atoms with Crippen molar-refractivity contribution >= 4 is 20.9 Å². The normalized spacial score (nSPS) is 11.9. The van der Waals surface area contributed by atoms with Gasteiger partial charge >= 0.3 is 0 Å². The number of H-pyrrole nitrogens is 1.